The highest BCUT2D eigenvalue weighted by atomic mass is 35.5. The second kappa shape index (κ2) is 10.6. The van der Waals surface area contributed by atoms with Gasteiger partial charge in [0.05, 0.1) is 6.54 Å². The number of hydrogen-bond acceptors (Lipinski definition) is 4. The van der Waals surface area contributed by atoms with Gasteiger partial charge in [-0.1, -0.05) is 43.1 Å². The average Bonchev–Trinajstić information content (AvgIpc) is 2.69. The molecule has 0 saturated heterocycles. The van der Waals surface area contributed by atoms with Crippen LogP contribution in [0.3, 0.4) is 0 Å². The number of hydrazine groups is 1. The van der Waals surface area contributed by atoms with Gasteiger partial charge in [-0.25, -0.2) is 0 Å². The van der Waals surface area contributed by atoms with Gasteiger partial charge in [0.25, 0.3) is 17.7 Å². The van der Waals surface area contributed by atoms with Gasteiger partial charge in [0.15, 0.2) is 0 Å². The molecule has 30 heavy (non-hydrogen) atoms. The van der Waals surface area contributed by atoms with E-state index in [-0.39, 0.29) is 12.5 Å². The molecule has 7 nitrogen and oxygen atoms in total. The van der Waals surface area contributed by atoms with Crippen LogP contribution in [0.1, 0.15) is 35.3 Å². The molecule has 2 rings (SSSR count). The van der Waals surface area contributed by atoms with E-state index >= 15 is 0 Å². The highest BCUT2D eigenvalue weighted by molar-refractivity contribution is 6.30. The molecule has 0 bridgehead atoms. The van der Waals surface area contributed by atoms with Gasteiger partial charge in [0.1, 0.15) is 6.04 Å². The van der Waals surface area contributed by atoms with E-state index in [4.69, 9.17) is 11.6 Å². The summed E-state index contributed by atoms with van der Waals surface area (Å²) in [7, 11) is 0. The molecule has 0 aromatic heterocycles. The minimum Gasteiger partial charge on any atom is -0.376 e. The number of carbonyl (C=O) groups is 3. The number of anilines is 1. The predicted octanol–water partition coefficient (Wildman–Crippen LogP) is 2.97. The first-order valence-corrected chi connectivity index (χ1v) is 10.0. The zero-order valence-electron chi connectivity index (χ0n) is 17.5. The molecule has 0 heterocycles. The van der Waals surface area contributed by atoms with E-state index < -0.39 is 23.8 Å². The zero-order valence-corrected chi connectivity index (χ0v) is 18.3. The van der Waals surface area contributed by atoms with E-state index in [2.05, 4.69) is 21.5 Å². The minimum absolute atomic E-state index is 0.00629. The zero-order chi connectivity index (χ0) is 22.3. The molecule has 1 unspecified atom stereocenters. The van der Waals surface area contributed by atoms with Crippen LogP contribution in [0.2, 0.25) is 5.02 Å². The Balaban J connectivity index is 1.87. The topological polar surface area (TPSA) is 99.3 Å². The summed E-state index contributed by atoms with van der Waals surface area (Å²) in [6.07, 6.45) is 0. The van der Waals surface area contributed by atoms with Crippen molar-refractivity contribution < 1.29 is 14.4 Å². The van der Waals surface area contributed by atoms with Crippen molar-refractivity contribution in [3.63, 3.8) is 0 Å². The van der Waals surface area contributed by atoms with Crippen molar-refractivity contribution in [1.82, 2.24) is 16.2 Å². The molecular weight excluding hydrogens is 404 g/mol. The molecule has 160 valence electrons. The first-order chi connectivity index (χ1) is 14.2. The largest absolute Gasteiger partial charge is 0.376 e. The second-order valence-electron chi connectivity index (χ2n) is 7.41. The van der Waals surface area contributed by atoms with Crippen molar-refractivity contribution in [2.75, 3.05) is 11.9 Å². The van der Waals surface area contributed by atoms with Crippen molar-refractivity contribution in [2.45, 2.75) is 33.7 Å². The van der Waals surface area contributed by atoms with E-state index in [1.165, 1.54) is 0 Å². The number of carbonyl (C=O) groups excluding carboxylic acids is 3. The van der Waals surface area contributed by atoms with Crippen LogP contribution >= 0.6 is 11.6 Å². The molecule has 0 aliphatic rings. The fourth-order valence-electron chi connectivity index (χ4n) is 2.80. The van der Waals surface area contributed by atoms with Crippen molar-refractivity contribution >= 4 is 35.0 Å². The number of halogens is 1. The highest BCUT2D eigenvalue weighted by Gasteiger charge is 2.25. The molecule has 0 fully saturated rings. The Labute approximate surface area is 181 Å². The molecule has 8 heteroatoms. The predicted molar refractivity (Wildman–Crippen MR) is 118 cm³/mol. The second-order valence-corrected chi connectivity index (χ2v) is 7.85. The number of benzene rings is 2. The van der Waals surface area contributed by atoms with Gasteiger partial charge in [-0.2, -0.15) is 0 Å². The Morgan fingerprint density at radius 2 is 1.63 bits per heavy atom. The van der Waals surface area contributed by atoms with Crippen molar-refractivity contribution in [3.8, 4) is 0 Å². The maximum absolute atomic E-state index is 12.5. The number of aryl methyl sites for hydroxylation is 2. The molecule has 0 aliphatic carbocycles. The molecular formula is C22H27ClN4O3. The van der Waals surface area contributed by atoms with E-state index in [1.54, 1.807) is 38.1 Å². The summed E-state index contributed by atoms with van der Waals surface area (Å²) in [5, 5.41) is 6.23. The molecule has 2 aromatic carbocycles. The standard InChI is InChI=1S/C22H27ClN4O3/c1-13(2)20(25-21(29)16-6-8-17(23)9-7-16)22(30)27-26-19(28)12-24-18-10-5-14(3)11-15(18)4/h5-11,13,20,24H,12H2,1-4H3,(H,25,29)(H,26,28)(H,27,30). The molecule has 0 aliphatic heterocycles. The van der Waals surface area contributed by atoms with Gasteiger partial charge in [0.2, 0.25) is 0 Å². The molecule has 4 N–H and O–H groups in total. The number of hydrogen-bond donors (Lipinski definition) is 4. The summed E-state index contributed by atoms with van der Waals surface area (Å²) < 4.78 is 0. The van der Waals surface area contributed by atoms with Gasteiger partial charge in [-0.15, -0.1) is 0 Å². The summed E-state index contributed by atoms with van der Waals surface area (Å²) in [6.45, 7) is 7.54. The van der Waals surface area contributed by atoms with E-state index in [0.717, 1.165) is 16.8 Å². The van der Waals surface area contributed by atoms with Gasteiger partial charge in [-0.05, 0) is 55.7 Å². The minimum atomic E-state index is -0.819. The van der Waals surface area contributed by atoms with Gasteiger partial charge in [0, 0.05) is 16.3 Å². The van der Waals surface area contributed by atoms with Crippen molar-refractivity contribution in [3.05, 3.63) is 64.2 Å². The van der Waals surface area contributed by atoms with E-state index in [1.807, 2.05) is 32.0 Å². The van der Waals surface area contributed by atoms with Crippen LogP contribution in [0.5, 0.6) is 0 Å². The summed E-state index contributed by atoms with van der Waals surface area (Å²) >= 11 is 5.83. The normalized spacial score (nSPS) is 11.5. The fraction of sp³-hybridized carbons (Fsp3) is 0.318. The lowest BCUT2D eigenvalue weighted by Crippen LogP contribution is -2.55. The lowest BCUT2D eigenvalue weighted by Gasteiger charge is -2.22. The Morgan fingerprint density at radius 1 is 0.967 bits per heavy atom. The van der Waals surface area contributed by atoms with Gasteiger partial charge in [-0.3, -0.25) is 25.2 Å². The van der Waals surface area contributed by atoms with Crippen LogP contribution in [0.15, 0.2) is 42.5 Å². The third-order valence-corrected chi connectivity index (χ3v) is 4.74. The first-order valence-electron chi connectivity index (χ1n) is 9.63. The fourth-order valence-corrected chi connectivity index (χ4v) is 2.93. The molecule has 1 atom stereocenters. The quantitative estimate of drug-likeness (QED) is 0.507. The summed E-state index contributed by atoms with van der Waals surface area (Å²) in [5.41, 5.74) is 8.14. The van der Waals surface area contributed by atoms with Gasteiger partial charge >= 0.3 is 0 Å². The smallest absolute Gasteiger partial charge is 0.261 e. The highest BCUT2D eigenvalue weighted by Crippen LogP contribution is 2.15. The van der Waals surface area contributed by atoms with Crippen LogP contribution in [-0.4, -0.2) is 30.3 Å². The molecule has 2 aromatic rings. The van der Waals surface area contributed by atoms with Crippen LogP contribution in [0, 0.1) is 19.8 Å². The van der Waals surface area contributed by atoms with E-state index in [0.29, 0.717) is 10.6 Å². The summed E-state index contributed by atoms with van der Waals surface area (Å²) in [5.74, 6) is -1.50. The Hall–Kier alpha value is -3.06. The van der Waals surface area contributed by atoms with Gasteiger partial charge < -0.3 is 10.6 Å². The third-order valence-electron chi connectivity index (χ3n) is 4.49. The SMILES string of the molecule is Cc1ccc(NCC(=O)NNC(=O)C(NC(=O)c2ccc(Cl)cc2)C(C)C)c(C)c1. The van der Waals surface area contributed by atoms with Crippen LogP contribution in [-0.2, 0) is 9.59 Å². The Morgan fingerprint density at radius 3 is 2.23 bits per heavy atom. The number of rotatable bonds is 7. The van der Waals surface area contributed by atoms with Crippen molar-refractivity contribution in [2.24, 2.45) is 5.92 Å². The summed E-state index contributed by atoms with van der Waals surface area (Å²) in [4.78, 5) is 37.0. The van der Waals surface area contributed by atoms with Crippen LogP contribution < -0.4 is 21.5 Å². The van der Waals surface area contributed by atoms with Crippen LogP contribution in [0.4, 0.5) is 5.69 Å². The average molecular weight is 431 g/mol. The number of nitrogens with one attached hydrogen (secondary N) is 4. The molecule has 0 spiro atoms. The Kier molecular flexibility index (Phi) is 8.24. The van der Waals surface area contributed by atoms with Crippen molar-refractivity contribution in [1.29, 1.82) is 0 Å². The first kappa shape index (κ1) is 23.2. The summed E-state index contributed by atoms with van der Waals surface area (Å²) in [6, 6.07) is 11.4. The number of amides is 3. The Bertz CT molecular complexity index is 913. The molecule has 0 radical (unpaired) electrons. The van der Waals surface area contributed by atoms with Crippen LogP contribution in [0.25, 0.3) is 0 Å². The molecule has 3 amide bonds. The maximum atomic E-state index is 12.5. The lowest BCUT2D eigenvalue weighted by molar-refractivity contribution is -0.129. The lowest BCUT2D eigenvalue weighted by atomic mass is 10.0. The maximum Gasteiger partial charge on any atom is 0.261 e. The third kappa shape index (κ3) is 6.77. The molecule has 0 saturated carbocycles. The monoisotopic (exact) mass is 430 g/mol. The van der Waals surface area contributed by atoms with E-state index in [9.17, 15) is 14.4 Å².